The van der Waals surface area contributed by atoms with Crippen molar-refractivity contribution in [3.05, 3.63) is 49.2 Å². The van der Waals surface area contributed by atoms with E-state index in [0.29, 0.717) is 0 Å². The van der Waals surface area contributed by atoms with Crippen molar-refractivity contribution in [2.75, 3.05) is 0 Å². The highest BCUT2D eigenvalue weighted by molar-refractivity contribution is 5.69. The molecule has 1 aliphatic rings. The summed E-state index contributed by atoms with van der Waals surface area (Å²) in [5.41, 5.74) is 0.956. The SMILES string of the molecule is [CH]1OC=CC=C1c1ccco1. The summed E-state index contributed by atoms with van der Waals surface area (Å²) in [5, 5.41) is 0. The molecular weight excluding hydrogens is 140 g/mol. The van der Waals surface area contributed by atoms with Crippen molar-refractivity contribution in [2.45, 2.75) is 0 Å². The number of ether oxygens (including phenoxy) is 1. The van der Waals surface area contributed by atoms with Crippen molar-refractivity contribution in [3.8, 4) is 0 Å². The largest absolute Gasteiger partial charge is 0.489 e. The predicted octanol–water partition coefficient (Wildman–Crippen LogP) is 2.37. The molecule has 1 radical (unpaired) electrons. The molecule has 0 atom stereocenters. The maximum Gasteiger partial charge on any atom is 0.167 e. The van der Waals surface area contributed by atoms with Crippen LogP contribution in [0.1, 0.15) is 5.76 Å². The Balaban J connectivity index is 2.29. The minimum absolute atomic E-state index is 0.828. The van der Waals surface area contributed by atoms with Gasteiger partial charge in [0.25, 0.3) is 0 Å². The summed E-state index contributed by atoms with van der Waals surface area (Å²) in [6, 6.07) is 3.74. The molecule has 0 amide bonds. The second kappa shape index (κ2) is 2.66. The van der Waals surface area contributed by atoms with Gasteiger partial charge in [0.2, 0.25) is 0 Å². The molecule has 0 spiro atoms. The lowest BCUT2D eigenvalue weighted by Gasteiger charge is -2.05. The third-order valence-corrected chi connectivity index (χ3v) is 1.43. The normalized spacial score (nSPS) is 15.8. The first kappa shape index (κ1) is 6.28. The van der Waals surface area contributed by atoms with Crippen molar-refractivity contribution in [2.24, 2.45) is 0 Å². The number of hydrogen-bond donors (Lipinski definition) is 0. The quantitative estimate of drug-likeness (QED) is 0.608. The van der Waals surface area contributed by atoms with Crippen LogP contribution in [-0.4, -0.2) is 0 Å². The zero-order valence-corrected chi connectivity index (χ0v) is 5.86. The van der Waals surface area contributed by atoms with Crippen LogP contribution in [0.4, 0.5) is 0 Å². The van der Waals surface area contributed by atoms with Gasteiger partial charge in [0.1, 0.15) is 5.76 Å². The molecule has 0 saturated heterocycles. The molecule has 2 rings (SSSR count). The van der Waals surface area contributed by atoms with Gasteiger partial charge < -0.3 is 9.15 Å². The summed E-state index contributed by atoms with van der Waals surface area (Å²) in [6.45, 7) is 1.65. The minimum atomic E-state index is 0.828. The van der Waals surface area contributed by atoms with Crippen LogP contribution in [-0.2, 0) is 4.74 Å². The highest BCUT2D eigenvalue weighted by Crippen LogP contribution is 2.20. The summed E-state index contributed by atoms with van der Waals surface area (Å²) in [7, 11) is 0. The van der Waals surface area contributed by atoms with Crippen LogP contribution < -0.4 is 0 Å². The topological polar surface area (TPSA) is 22.4 Å². The lowest BCUT2D eigenvalue weighted by Crippen LogP contribution is -1.88. The molecule has 2 nitrogen and oxygen atoms in total. The molecule has 0 bridgehead atoms. The molecule has 0 aromatic carbocycles. The van der Waals surface area contributed by atoms with Gasteiger partial charge in [-0.3, -0.25) is 0 Å². The Morgan fingerprint density at radius 2 is 2.27 bits per heavy atom. The van der Waals surface area contributed by atoms with E-state index in [9.17, 15) is 0 Å². The molecule has 55 valence electrons. The van der Waals surface area contributed by atoms with Gasteiger partial charge >= 0.3 is 0 Å². The lowest BCUT2D eigenvalue weighted by atomic mass is 10.2. The molecule has 0 saturated carbocycles. The third-order valence-electron chi connectivity index (χ3n) is 1.43. The van der Waals surface area contributed by atoms with E-state index in [-0.39, 0.29) is 0 Å². The number of allylic oxidation sites excluding steroid dienone is 2. The van der Waals surface area contributed by atoms with E-state index in [1.807, 2.05) is 24.3 Å². The average Bonchev–Trinajstić information content (AvgIpc) is 2.58. The summed E-state index contributed by atoms with van der Waals surface area (Å²) < 4.78 is 10.1. The van der Waals surface area contributed by atoms with E-state index in [2.05, 4.69) is 0 Å². The Kier molecular flexibility index (Phi) is 1.52. The van der Waals surface area contributed by atoms with E-state index in [4.69, 9.17) is 9.15 Å². The molecule has 0 aliphatic carbocycles. The van der Waals surface area contributed by atoms with Crippen LogP contribution in [0, 0.1) is 6.61 Å². The van der Waals surface area contributed by atoms with Gasteiger partial charge in [0.15, 0.2) is 6.61 Å². The van der Waals surface area contributed by atoms with E-state index in [0.717, 1.165) is 11.3 Å². The van der Waals surface area contributed by atoms with Crippen LogP contribution in [0.15, 0.2) is 41.2 Å². The standard InChI is InChI=1S/C9H7O2/c1-3-8(7-10-5-1)9-4-2-6-11-9/h1-7H. The Bertz CT molecular complexity index is 281. The van der Waals surface area contributed by atoms with Crippen LogP contribution in [0.2, 0.25) is 0 Å². The summed E-state index contributed by atoms with van der Waals surface area (Å²) in [4.78, 5) is 0. The summed E-state index contributed by atoms with van der Waals surface area (Å²) >= 11 is 0. The van der Waals surface area contributed by atoms with E-state index in [1.165, 1.54) is 0 Å². The highest BCUT2D eigenvalue weighted by atomic mass is 16.5. The maximum absolute atomic E-state index is 5.16. The third kappa shape index (κ3) is 1.19. The minimum Gasteiger partial charge on any atom is -0.489 e. The Morgan fingerprint density at radius 1 is 1.27 bits per heavy atom. The second-order valence-corrected chi connectivity index (χ2v) is 2.18. The molecule has 2 heterocycles. The van der Waals surface area contributed by atoms with E-state index >= 15 is 0 Å². The Hall–Kier alpha value is -1.44. The maximum atomic E-state index is 5.16. The van der Waals surface area contributed by atoms with Gasteiger partial charge in [-0.15, -0.1) is 0 Å². The van der Waals surface area contributed by atoms with Crippen molar-refractivity contribution >= 4 is 5.57 Å². The second-order valence-electron chi connectivity index (χ2n) is 2.18. The van der Waals surface area contributed by atoms with Crippen molar-refractivity contribution in [1.82, 2.24) is 0 Å². The van der Waals surface area contributed by atoms with Crippen molar-refractivity contribution in [3.63, 3.8) is 0 Å². The zero-order valence-electron chi connectivity index (χ0n) is 5.86. The van der Waals surface area contributed by atoms with Gasteiger partial charge in [-0.1, -0.05) is 0 Å². The van der Waals surface area contributed by atoms with Crippen LogP contribution in [0.3, 0.4) is 0 Å². The first-order chi connectivity index (χ1) is 5.47. The fourth-order valence-corrected chi connectivity index (χ4v) is 0.923. The summed E-state index contributed by atoms with van der Waals surface area (Å²) in [5.74, 6) is 0.828. The van der Waals surface area contributed by atoms with Crippen LogP contribution in [0.5, 0.6) is 0 Å². The molecule has 11 heavy (non-hydrogen) atoms. The predicted molar refractivity (Wildman–Crippen MR) is 41.2 cm³/mol. The Labute approximate surface area is 64.8 Å². The number of furan rings is 1. The zero-order chi connectivity index (χ0) is 7.52. The number of rotatable bonds is 1. The van der Waals surface area contributed by atoms with Crippen LogP contribution in [0.25, 0.3) is 5.57 Å². The molecule has 0 N–H and O–H groups in total. The van der Waals surface area contributed by atoms with Gasteiger partial charge in [-0.05, 0) is 24.3 Å². The molecular formula is C9H7O2. The van der Waals surface area contributed by atoms with Crippen molar-refractivity contribution in [1.29, 1.82) is 0 Å². The van der Waals surface area contributed by atoms with E-state index in [1.54, 1.807) is 19.1 Å². The molecule has 1 aromatic heterocycles. The van der Waals surface area contributed by atoms with E-state index < -0.39 is 0 Å². The lowest BCUT2D eigenvalue weighted by molar-refractivity contribution is 0.356. The molecule has 0 fully saturated rings. The molecule has 0 unspecified atom stereocenters. The molecule has 1 aliphatic heterocycles. The summed E-state index contributed by atoms with van der Waals surface area (Å²) in [6.07, 6.45) is 7.02. The highest BCUT2D eigenvalue weighted by Gasteiger charge is 2.06. The monoisotopic (exact) mass is 147 g/mol. The molecule has 2 heteroatoms. The fraction of sp³-hybridized carbons (Fsp3) is 0. The first-order valence-corrected chi connectivity index (χ1v) is 3.36. The van der Waals surface area contributed by atoms with Crippen molar-refractivity contribution < 1.29 is 9.15 Å². The first-order valence-electron chi connectivity index (χ1n) is 3.36. The Morgan fingerprint density at radius 3 is 2.91 bits per heavy atom. The van der Waals surface area contributed by atoms with Crippen LogP contribution >= 0.6 is 0 Å². The van der Waals surface area contributed by atoms with Gasteiger partial charge in [0.05, 0.1) is 12.5 Å². The fourth-order valence-electron chi connectivity index (χ4n) is 0.923. The van der Waals surface area contributed by atoms with Gasteiger partial charge in [-0.25, -0.2) is 0 Å². The van der Waals surface area contributed by atoms with Gasteiger partial charge in [0, 0.05) is 5.57 Å². The number of hydrogen-bond acceptors (Lipinski definition) is 2. The molecule has 1 aromatic rings. The van der Waals surface area contributed by atoms with Gasteiger partial charge in [-0.2, -0.15) is 0 Å². The average molecular weight is 147 g/mol. The smallest absolute Gasteiger partial charge is 0.167 e.